The first kappa shape index (κ1) is 15.0. The fourth-order valence-electron chi connectivity index (χ4n) is 2.17. The lowest BCUT2D eigenvalue weighted by molar-refractivity contribution is -0.137. The van der Waals surface area contributed by atoms with E-state index in [0.717, 1.165) is 12.1 Å². The van der Waals surface area contributed by atoms with E-state index < -0.39 is 11.7 Å². The summed E-state index contributed by atoms with van der Waals surface area (Å²) in [5.41, 5.74) is -0.611. The average molecular weight is 305 g/mol. The number of hydrogen-bond acceptors (Lipinski definition) is 3. The third-order valence-electron chi connectivity index (χ3n) is 3.23. The molecule has 1 saturated heterocycles. The molecule has 1 aromatic carbocycles. The summed E-state index contributed by atoms with van der Waals surface area (Å²) < 4.78 is 43.4. The summed E-state index contributed by atoms with van der Waals surface area (Å²) in [7, 11) is 1.29. The molecule has 1 fully saturated rings. The van der Waals surface area contributed by atoms with Crippen LogP contribution in [0.3, 0.4) is 0 Å². The number of anilines is 1. The molecule has 20 heavy (non-hydrogen) atoms. The Morgan fingerprint density at radius 3 is 2.60 bits per heavy atom. The lowest BCUT2D eigenvalue weighted by Crippen LogP contribution is -2.25. The number of alkyl halides is 3. The van der Waals surface area contributed by atoms with E-state index in [9.17, 15) is 18.0 Å². The van der Waals surface area contributed by atoms with Crippen LogP contribution in [-0.2, 0) is 11.0 Å². The Morgan fingerprint density at radius 2 is 2.10 bits per heavy atom. The normalized spacial score (nSPS) is 19.6. The second-order valence-electron chi connectivity index (χ2n) is 4.67. The van der Waals surface area contributed by atoms with E-state index in [1.165, 1.54) is 18.1 Å². The molecule has 1 aromatic rings. The molecule has 1 amide bonds. The molecule has 0 saturated carbocycles. The van der Waals surface area contributed by atoms with E-state index in [-0.39, 0.29) is 23.3 Å². The molecule has 0 radical (unpaired) electrons. The molecule has 2 rings (SSSR count). The maximum absolute atomic E-state index is 12.8. The Bertz CT molecular complexity index is 519. The summed E-state index contributed by atoms with van der Waals surface area (Å²) in [5.74, 6) is 0.479. The Labute approximate surface area is 120 Å². The standard InChI is InChI=1S/C13H14F3NO2S/c1-19-11-4-9(13(14,15)16)3-10(5-11)17-6-8(7-20)2-12(17)18/h3-5,8,20H,2,6-7H2,1H3. The number of thiol groups is 1. The number of ether oxygens (including phenoxy) is 1. The SMILES string of the molecule is COc1cc(N2CC(CS)CC2=O)cc(C(F)(F)F)c1. The van der Waals surface area contributed by atoms with E-state index in [4.69, 9.17) is 4.74 Å². The van der Waals surface area contributed by atoms with Crippen LogP contribution in [0.1, 0.15) is 12.0 Å². The van der Waals surface area contributed by atoms with Gasteiger partial charge in [0.1, 0.15) is 5.75 Å². The molecule has 1 atom stereocenters. The molecule has 7 heteroatoms. The molecule has 110 valence electrons. The maximum Gasteiger partial charge on any atom is 0.416 e. The maximum atomic E-state index is 12.8. The van der Waals surface area contributed by atoms with Crippen molar-refractivity contribution in [2.24, 2.45) is 5.92 Å². The first-order valence-corrected chi connectivity index (χ1v) is 6.66. The number of halogens is 3. The molecule has 0 N–H and O–H groups in total. The van der Waals surface area contributed by atoms with Gasteiger partial charge in [-0.1, -0.05) is 0 Å². The fourth-order valence-corrected chi connectivity index (χ4v) is 2.42. The van der Waals surface area contributed by atoms with Crippen LogP contribution in [0.4, 0.5) is 18.9 Å². The van der Waals surface area contributed by atoms with Gasteiger partial charge in [0.25, 0.3) is 0 Å². The first-order chi connectivity index (χ1) is 9.35. The summed E-state index contributed by atoms with van der Waals surface area (Å²) in [4.78, 5) is 13.2. The Kier molecular flexibility index (Phi) is 4.17. The Hall–Kier alpha value is -1.37. The van der Waals surface area contributed by atoms with E-state index in [1.807, 2.05) is 0 Å². The lowest BCUT2D eigenvalue weighted by Gasteiger charge is -2.19. The van der Waals surface area contributed by atoms with Crippen molar-refractivity contribution in [2.45, 2.75) is 12.6 Å². The van der Waals surface area contributed by atoms with Crippen LogP contribution in [0.5, 0.6) is 5.75 Å². The van der Waals surface area contributed by atoms with Crippen LogP contribution in [0.15, 0.2) is 18.2 Å². The van der Waals surface area contributed by atoms with Gasteiger partial charge in [0, 0.05) is 24.7 Å². The number of hydrogen-bond donors (Lipinski definition) is 1. The molecule has 0 spiro atoms. The number of rotatable bonds is 3. The van der Waals surface area contributed by atoms with Crippen LogP contribution in [0.2, 0.25) is 0 Å². The third-order valence-corrected chi connectivity index (χ3v) is 3.75. The summed E-state index contributed by atoms with van der Waals surface area (Å²) in [6.45, 7) is 0.382. The van der Waals surface area contributed by atoms with Gasteiger partial charge >= 0.3 is 6.18 Å². The molecular weight excluding hydrogens is 291 g/mol. The second kappa shape index (κ2) is 5.55. The highest BCUT2D eigenvalue weighted by atomic mass is 32.1. The topological polar surface area (TPSA) is 29.5 Å². The van der Waals surface area contributed by atoms with Crippen molar-refractivity contribution in [3.63, 3.8) is 0 Å². The van der Waals surface area contributed by atoms with Crippen LogP contribution in [-0.4, -0.2) is 25.3 Å². The van der Waals surface area contributed by atoms with Crippen molar-refractivity contribution in [3.05, 3.63) is 23.8 Å². The molecule has 1 aliphatic heterocycles. The molecule has 3 nitrogen and oxygen atoms in total. The Balaban J connectivity index is 2.39. The number of nitrogens with zero attached hydrogens (tertiary/aromatic N) is 1. The third kappa shape index (κ3) is 3.03. The number of carbonyl (C=O) groups is 1. The monoisotopic (exact) mass is 305 g/mol. The van der Waals surface area contributed by atoms with Gasteiger partial charge in [0.05, 0.1) is 12.7 Å². The predicted octanol–water partition coefficient (Wildman–Crippen LogP) is 3.00. The molecule has 0 aromatic heterocycles. The van der Waals surface area contributed by atoms with Crippen molar-refractivity contribution in [1.82, 2.24) is 0 Å². The zero-order valence-electron chi connectivity index (χ0n) is 10.8. The largest absolute Gasteiger partial charge is 0.497 e. The molecular formula is C13H14F3NO2S. The molecule has 0 aliphatic carbocycles. The highest BCUT2D eigenvalue weighted by Gasteiger charge is 2.34. The van der Waals surface area contributed by atoms with Crippen LogP contribution in [0, 0.1) is 5.92 Å². The predicted molar refractivity (Wildman–Crippen MR) is 72.3 cm³/mol. The quantitative estimate of drug-likeness (QED) is 0.870. The highest BCUT2D eigenvalue weighted by Crippen LogP contribution is 2.36. The van der Waals surface area contributed by atoms with Gasteiger partial charge in [0.15, 0.2) is 0 Å². The van der Waals surface area contributed by atoms with Gasteiger partial charge in [-0.25, -0.2) is 0 Å². The first-order valence-electron chi connectivity index (χ1n) is 6.02. The van der Waals surface area contributed by atoms with E-state index in [0.29, 0.717) is 18.7 Å². The van der Waals surface area contributed by atoms with Gasteiger partial charge in [-0.15, -0.1) is 0 Å². The number of benzene rings is 1. The van der Waals surface area contributed by atoms with Crippen LogP contribution < -0.4 is 9.64 Å². The highest BCUT2D eigenvalue weighted by molar-refractivity contribution is 7.80. The van der Waals surface area contributed by atoms with Crippen molar-refractivity contribution >= 4 is 24.2 Å². The van der Waals surface area contributed by atoms with Gasteiger partial charge in [-0.3, -0.25) is 4.79 Å². The zero-order chi connectivity index (χ0) is 14.9. The van der Waals surface area contributed by atoms with Crippen molar-refractivity contribution in [3.8, 4) is 5.75 Å². The zero-order valence-corrected chi connectivity index (χ0v) is 11.7. The minimum atomic E-state index is -4.48. The second-order valence-corrected chi connectivity index (χ2v) is 5.04. The summed E-state index contributed by atoms with van der Waals surface area (Å²) in [6, 6.07) is 3.33. The van der Waals surface area contributed by atoms with E-state index in [1.54, 1.807) is 0 Å². The van der Waals surface area contributed by atoms with Crippen LogP contribution >= 0.6 is 12.6 Å². The fraction of sp³-hybridized carbons (Fsp3) is 0.462. The van der Waals surface area contributed by atoms with Gasteiger partial charge in [-0.05, 0) is 23.8 Å². The summed E-state index contributed by atoms with van der Waals surface area (Å²) in [6.07, 6.45) is -4.17. The number of methoxy groups -OCH3 is 1. The molecule has 1 aliphatic rings. The minimum absolute atomic E-state index is 0.0615. The number of carbonyl (C=O) groups excluding carboxylic acids is 1. The van der Waals surface area contributed by atoms with Crippen molar-refractivity contribution in [2.75, 3.05) is 24.3 Å². The van der Waals surface area contributed by atoms with E-state index in [2.05, 4.69) is 12.6 Å². The van der Waals surface area contributed by atoms with E-state index >= 15 is 0 Å². The minimum Gasteiger partial charge on any atom is -0.497 e. The average Bonchev–Trinajstić information content (AvgIpc) is 2.78. The van der Waals surface area contributed by atoms with Gasteiger partial charge in [0.2, 0.25) is 5.91 Å². The smallest absolute Gasteiger partial charge is 0.416 e. The molecule has 1 heterocycles. The molecule has 0 bridgehead atoms. The van der Waals surface area contributed by atoms with Crippen molar-refractivity contribution < 1.29 is 22.7 Å². The lowest BCUT2D eigenvalue weighted by atomic mass is 10.1. The summed E-state index contributed by atoms with van der Waals surface area (Å²) in [5, 5.41) is 0. The summed E-state index contributed by atoms with van der Waals surface area (Å²) >= 11 is 4.13. The molecule has 1 unspecified atom stereocenters. The Morgan fingerprint density at radius 1 is 1.40 bits per heavy atom. The van der Waals surface area contributed by atoms with Gasteiger partial charge < -0.3 is 9.64 Å². The van der Waals surface area contributed by atoms with Gasteiger partial charge in [-0.2, -0.15) is 25.8 Å². The van der Waals surface area contributed by atoms with Crippen molar-refractivity contribution in [1.29, 1.82) is 0 Å². The van der Waals surface area contributed by atoms with Crippen LogP contribution in [0.25, 0.3) is 0 Å². The number of amides is 1.